The van der Waals surface area contributed by atoms with Gasteiger partial charge >= 0.3 is 5.97 Å². The topological polar surface area (TPSA) is 123 Å². The predicted octanol–water partition coefficient (Wildman–Crippen LogP) is 3.79. The fourth-order valence-corrected chi connectivity index (χ4v) is 7.00. The van der Waals surface area contributed by atoms with Gasteiger partial charge in [0.2, 0.25) is 4.75 Å². The van der Waals surface area contributed by atoms with Gasteiger partial charge in [0.05, 0.1) is 19.1 Å². The smallest absolute Gasteiger partial charge is 0.335 e. The van der Waals surface area contributed by atoms with Gasteiger partial charge in [-0.2, -0.15) is 0 Å². The number of nitrogens with two attached hydrogens (primary N) is 1. The number of likely N-dealkylation sites (tertiary alicyclic amines) is 1. The van der Waals surface area contributed by atoms with Crippen LogP contribution in [0.2, 0.25) is 0 Å². The van der Waals surface area contributed by atoms with Crippen LogP contribution in [-0.4, -0.2) is 64.6 Å². The van der Waals surface area contributed by atoms with Gasteiger partial charge in [0.1, 0.15) is 11.6 Å². The van der Waals surface area contributed by atoms with Crippen LogP contribution in [0, 0.1) is 10.8 Å². The molecule has 1 aliphatic heterocycles. The lowest BCUT2D eigenvalue weighted by atomic mass is 9.79. The third-order valence-corrected chi connectivity index (χ3v) is 9.26. The first-order valence-electron chi connectivity index (χ1n) is 13.1. The fourth-order valence-electron chi connectivity index (χ4n) is 5.49. The molecule has 0 saturated carbocycles. The monoisotopic (exact) mass is 561 g/mol. The summed E-state index contributed by atoms with van der Waals surface area (Å²) < 4.78 is 22.8. The molecule has 1 amide bonds. The number of benzene rings is 3. The number of methoxy groups -OCH3 is 1. The first-order chi connectivity index (χ1) is 19.1. The maximum absolute atomic E-state index is 13.9. The van der Waals surface area contributed by atoms with Crippen LogP contribution in [0.3, 0.4) is 0 Å². The Hall–Kier alpha value is -3.98. The van der Waals surface area contributed by atoms with Gasteiger partial charge in [-0.25, -0.2) is 4.79 Å². The van der Waals surface area contributed by atoms with Crippen LogP contribution in [0.15, 0.2) is 78.9 Å². The van der Waals surface area contributed by atoms with E-state index in [1.807, 2.05) is 66.7 Å². The number of hydrogen-bond donors (Lipinski definition) is 2. The minimum absolute atomic E-state index is 0.0186. The third-order valence-electron chi connectivity index (χ3n) is 7.56. The van der Waals surface area contributed by atoms with Gasteiger partial charge in [-0.05, 0) is 30.0 Å². The van der Waals surface area contributed by atoms with E-state index in [1.165, 1.54) is 13.4 Å². The fraction of sp³-hybridized carbons (Fsp3) is 0.323. The molecule has 0 radical (unpaired) electrons. The number of para-hydroxylation sites is 1. The highest BCUT2D eigenvalue weighted by Crippen LogP contribution is 2.46. The van der Waals surface area contributed by atoms with Crippen LogP contribution in [0.25, 0.3) is 11.1 Å². The third kappa shape index (κ3) is 5.38. The highest BCUT2D eigenvalue weighted by atomic mass is 32.2. The molecule has 3 unspecified atom stereocenters. The summed E-state index contributed by atoms with van der Waals surface area (Å²) in [6.45, 7) is 2.35. The van der Waals surface area contributed by atoms with E-state index >= 15 is 0 Å². The zero-order valence-corrected chi connectivity index (χ0v) is 23.8. The van der Waals surface area contributed by atoms with E-state index in [9.17, 15) is 13.8 Å². The van der Waals surface area contributed by atoms with Crippen molar-refractivity contribution in [1.29, 1.82) is 5.41 Å². The highest BCUT2D eigenvalue weighted by Gasteiger charge is 2.70. The number of nitrogen functional groups attached to an aromatic ring is 1. The van der Waals surface area contributed by atoms with E-state index in [0.29, 0.717) is 24.3 Å². The molecule has 3 aromatic rings. The van der Waals surface area contributed by atoms with Crippen LogP contribution >= 0.6 is 0 Å². The molecule has 9 heteroatoms. The number of nitrogens with zero attached hydrogens (tertiary/aromatic N) is 1. The van der Waals surface area contributed by atoms with Crippen molar-refractivity contribution in [2.45, 2.75) is 24.5 Å². The zero-order chi connectivity index (χ0) is 28.9. The van der Waals surface area contributed by atoms with Gasteiger partial charge in [0.25, 0.3) is 5.91 Å². The van der Waals surface area contributed by atoms with Gasteiger partial charge in [0, 0.05) is 41.3 Å². The molecule has 4 rings (SSSR count). The largest absolute Gasteiger partial charge is 0.492 e. The second-order valence-electron chi connectivity index (χ2n) is 10.3. The van der Waals surface area contributed by atoms with Gasteiger partial charge in [-0.3, -0.25) is 14.4 Å². The van der Waals surface area contributed by atoms with Gasteiger partial charge in [0.15, 0.2) is 0 Å². The average Bonchev–Trinajstić information content (AvgIpc) is 3.19. The number of ether oxygens (including phenoxy) is 2. The average molecular weight is 562 g/mol. The molecule has 1 heterocycles. The number of hydrogen-bond acceptors (Lipinski definition) is 6. The quantitative estimate of drug-likeness (QED) is 0.159. The summed E-state index contributed by atoms with van der Waals surface area (Å²) >= 11 is 0. The Labute approximate surface area is 237 Å². The van der Waals surface area contributed by atoms with Crippen LogP contribution in [-0.2, 0) is 31.5 Å². The molecule has 0 spiro atoms. The number of amidine groups is 1. The van der Waals surface area contributed by atoms with Gasteiger partial charge in [-0.15, -0.1) is 0 Å². The van der Waals surface area contributed by atoms with E-state index < -0.39 is 32.8 Å². The summed E-state index contributed by atoms with van der Waals surface area (Å²) in [5, 5.41) is 7.64. The van der Waals surface area contributed by atoms with Crippen molar-refractivity contribution in [3.8, 4) is 16.9 Å². The number of carbonyl (C=O) groups excluding carboxylic acids is 2. The lowest BCUT2D eigenvalue weighted by Gasteiger charge is -2.36. The molecule has 0 aliphatic carbocycles. The van der Waals surface area contributed by atoms with Crippen LogP contribution in [0.1, 0.15) is 24.5 Å². The number of amides is 1. The standard InChI is InChI=1S/C31H35N3O5S/c1-30(21-39-26-14-8-7-13-25(26)23-15-17-24(18-16-23)27(32)33)20-34(19-9-12-22-10-5-4-6-11-22)28(35)31(30,40(3)37)29(36)38-2/h4-8,10-11,13-18H,9,12,19-21H2,1-3H3,(H3,32,33). The van der Waals surface area contributed by atoms with Crippen LogP contribution in [0.4, 0.5) is 0 Å². The summed E-state index contributed by atoms with van der Waals surface area (Å²) in [6.07, 6.45) is 2.85. The minimum Gasteiger partial charge on any atom is -0.492 e. The molecule has 1 saturated heterocycles. The normalized spacial score (nSPS) is 21.2. The number of nitrogens with one attached hydrogen (secondary N) is 1. The Kier molecular flexibility index (Phi) is 8.73. The first kappa shape index (κ1) is 29.0. The van der Waals surface area contributed by atoms with E-state index in [4.69, 9.17) is 20.6 Å². The Morgan fingerprint density at radius 1 is 1.05 bits per heavy atom. The molecule has 210 valence electrons. The van der Waals surface area contributed by atoms with Crippen molar-refractivity contribution in [2.75, 3.05) is 33.1 Å². The Balaban J connectivity index is 1.61. The number of carbonyl (C=O) groups is 2. The maximum atomic E-state index is 13.9. The van der Waals surface area contributed by atoms with Gasteiger partial charge in [-0.1, -0.05) is 79.7 Å². The molecule has 0 bridgehead atoms. The molecule has 0 aromatic heterocycles. The summed E-state index contributed by atoms with van der Waals surface area (Å²) in [6, 6.07) is 24.7. The Morgan fingerprint density at radius 3 is 2.33 bits per heavy atom. The number of aryl methyl sites for hydroxylation is 1. The summed E-state index contributed by atoms with van der Waals surface area (Å²) in [5.41, 5.74) is 7.89. The molecule has 8 nitrogen and oxygen atoms in total. The summed E-state index contributed by atoms with van der Waals surface area (Å²) in [4.78, 5) is 28.8. The zero-order valence-electron chi connectivity index (χ0n) is 23.0. The molecule has 3 atom stereocenters. The maximum Gasteiger partial charge on any atom is 0.335 e. The number of esters is 1. The van der Waals surface area contributed by atoms with E-state index in [-0.39, 0.29) is 19.0 Å². The van der Waals surface area contributed by atoms with Crippen molar-refractivity contribution in [2.24, 2.45) is 11.1 Å². The number of rotatable bonds is 11. The van der Waals surface area contributed by atoms with Crippen molar-refractivity contribution >= 4 is 28.5 Å². The molecule has 1 aliphatic rings. The van der Waals surface area contributed by atoms with Crippen molar-refractivity contribution in [3.05, 3.63) is 90.0 Å². The first-order valence-corrected chi connectivity index (χ1v) is 14.6. The van der Waals surface area contributed by atoms with E-state index in [0.717, 1.165) is 23.1 Å². The summed E-state index contributed by atoms with van der Waals surface area (Å²) in [7, 11) is -0.663. The van der Waals surface area contributed by atoms with E-state index in [2.05, 4.69) is 0 Å². The SMILES string of the molecule is COC(=O)C1(S(C)=O)C(=O)N(CCCc2ccccc2)CC1(C)COc1ccccc1-c1ccc(C(=N)N)cc1. The highest BCUT2D eigenvalue weighted by molar-refractivity contribution is 7.87. The van der Waals surface area contributed by atoms with Crippen molar-refractivity contribution < 1.29 is 23.3 Å². The second-order valence-corrected chi connectivity index (χ2v) is 11.8. The molecule has 3 N–H and O–H groups in total. The molecule has 1 fully saturated rings. The lowest BCUT2D eigenvalue weighted by molar-refractivity contribution is -0.151. The molecular formula is C31H35N3O5S. The Bertz CT molecular complexity index is 1410. The van der Waals surface area contributed by atoms with E-state index in [1.54, 1.807) is 24.0 Å². The van der Waals surface area contributed by atoms with Gasteiger partial charge < -0.3 is 20.1 Å². The Morgan fingerprint density at radius 2 is 1.70 bits per heavy atom. The molecule has 3 aromatic carbocycles. The van der Waals surface area contributed by atoms with Crippen LogP contribution in [0.5, 0.6) is 5.75 Å². The van der Waals surface area contributed by atoms with Crippen molar-refractivity contribution in [1.82, 2.24) is 4.90 Å². The second kappa shape index (κ2) is 12.0. The lowest BCUT2D eigenvalue weighted by Crippen LogP contribution is -2.60. The summed E-state index contributed by atoms with van der Waals surface area (Å²) in [5.74, 6) is -0.777. The molecule has 40 heavy (non-hydrogen) atoms. The minimum atomic E-state index is -1.90. The van der Waals surface area contributed by atoms with Crippen LogP contribution < -0.4 is 10.5 Å². The molecular weight excluding hydrogens is 526 g/mol. The predicted molar refractivity (Wildman–Crippen MR) is 157 cm³/mol. The van der Waals surface area contributed by atoms with Crippen molar-refractivity contribution in [3.63, 3.8) is 0 Å².